The molecular formula is C25H34N4O2S. The first-order valence-corrected chi connectivity index (χ1v) is 12.7. The fourth-order valence-electron chi connectivity index (χ4n) is 4.63. The molecule has 1 N–H and O–H groups in total. The van der Waals surface area contributed by atoms with Gasteiger partial charge in [-0.15, -0.1) is 11.3 Å². The van der Waals surface area contributed by atoms with E-state index in [1.165, 1.54) is 16.9 Å². The number of unbranched alkanes of at least 4 members (excludes halogenated alkanes) is 1. The molecule has 2 amide bonds. The topological polar surface area (TPSA) is 55.9 Å². The van der Waals surface area contributed by atoms with Crippen LogP contribution in [0.15, 0.2) is 47.8 Å². The van der Waals surface area contributed by atoms with Crippen LogP contribution in [-0.4, -0.2) is 78.4 Å². The molecule has 2 saturated heterocycles. The first kappa shape index (κ1) is 23.0. The summed E-state index contributed by atoms with van der Waals surface area (Å²) in [6.45, 7) is 7.93. The van der Waals surface area contributed by atoms with Gasteiger partial charge in [-0.05, 0) is 49.2 Å². The summed E-state index contributed by atoms with van der Waals surface area (Å²) in [6, 6.07) is 14.1. The number of piperazine rings is 1. The fraction of sp³-hybridized carbons (Fsp3) is 0.520. The highest BCUT2D eigenvalue weighted by Crippen LogP contribution is 2.22. The summed E-state index contributed by atoms with van der Waals surface area (Å²) in [7, 11) is 0. The second-order valence-electron chi connectivity index (χ2n) is 8.74. The number of hydrogen-bond acceptors (Lipinski definition) is 5. The first-order chi connectivity index (χ1) is 15.7. The van der Waals surface area contributed by atoms with E-state index in [1.54, 1.807) is 4.90 Å². The highest BCUT2D eigenvalue weighted by Gasteiger charge is 2.34. The predicted molar refractivity (Wildman–Crippen MR) is 129 cm³/mol. The molecule has 4 rings (SSSR count). The maximum atomic E-state index is 12.7. The Balaban J connectivity index is 1.10. The van der Waals surface area contributed by atoms with Crippen molar-refractivity contribution < 1.29 is 9.59 Å². The molecule has 2 aliphatic rings. The Morgan fingerprint density at radius 1 is 0.938 bits per heavy atom. The number of nitrogens with zero attached hydrogens (tertiary/aromatic N) is 3. The van der Waals surface area contributed by atoms with Crippen molar-refractivity contribution >= 4 is 23.2 Å². The molecule has 32 heavy (non-hydrogen) atoms. The minimum Gasteiger partial charge on any atom is -0.354 e. The van der Waals surface area contributed by atoms with Gasteiger partial charge in [-0.3, -0.25) is 14.5 Å². The summed E-state index contributed by atoms with van der Waals surface area (Å²) in [5.74, 6) is -0.00834. The van der Waals surface area contributed by atoms with E-state index in [0.29, 0.717) is 18.0 Å². The molecule has 2 aromatic rings. The van der Waals surface area contributed by atoms with E-state index in [0.717, 1.165) is 65.0 Å². The molecule has 3 heterocycles. The molecule has 172 valence electrons. The zero-order chi connectivity index (χ0) is 22.2. The molecule has 0 saturated carbocycles. The number of carbonyl (C=O) groups excluding carboxylic acids is 2. The van der Waals surface area contributed by atoms with E-state index >= 15 is 0 Å². The summed E-state index contributed by atoms with van der Waals surface area (Å²) >= 11 is 1.44. The van der Waals surface area contributed by atoms with Gasteiger partial charge in [0.15, 0.2) is 0 Å². The Kier molecular flexibility index (Phi) is 8.31. The number of amides is 2. The third-order valence-electron chi connectivity index (χ3n) is 6.46. The van der Waals surface area contributed by atoms with Gasteiger partial charge in [0.25, 0.3) is 5.91 Å². The van der Waals surface area contributed by atoms with Crippen LogP contribution in [0.2, 0.25) is 0 Å². The van der Waals surface area contributed by atoms with E-state index in [2.05, 4.69) is 45.4 Å². The molecule has 2 fully saturated rings. The highest BCUT2D eigenvalue weighted by atomic mass is 32.1. The number of benzene rings is 1. The molecule has 0 radical (unpaired) electrons. The van der Waals surface area contributed by atoms with Crippen LogP contribution in [-0.2, 0) is 11.3 Å². The van der Waals surface area contributed by atoms with Gasteiger partial charge in [-0.25, -0.2) is 0 Å². The normalized spacial score (nSPS) is 19.9. The minimum absolute atomic E-state index is 0.00179. The van der Waals surface area contributed by atoms with Crippen LogP contribution in [0.25, 0.3) is 0 Å². The Labute approximate surface area is 195 Å². The molecule has 2 aliphatic heterocycles. The summed E-state index contributed by atoms with van der Waals surface area (Å²) in [5, 5.41) is 4.97. The number of carbonyl (C=O) groups is 2. The first-order valence-electron chi connectivity index (χ1n) is 11.8. The molecule has 7 heteroatoms. The van der Waals surface area contributed by atoms with Crippen LogP contribution in [0.1, 0.15) is 40.9 Å². The SMILES string of the molecule is O=C(NCCCCN1CCN(Cc2ccccc2)CC1)[C@@H]1CCCN1C(=O)c1cccs1. The quantitative estimate of drug-likeness (QED) is 0.592. The zero-order valence-electron chi connectivity index (χ0n) is 18.7. The van der Waals surface area contributed by atoms with Crippen LogP contribution in [0.5, 0.6) is 0 Å². The van der Waals surface area contributed by atoms with Crippen LogP contribution < -0.4 is 5.32 Å². The van der Waals surface area contributed by atoms with Crippen molar-refractivity contribution in [2.24, 2.45) is 0 Å². The number of likely N-dealkylation sites (tertiary alicyclic amines) is 1. The van der Waals surface area contributed by atoms with E-state index in [4.69, 9.17) is 0 Å². The van der Waals surface area contributed by atoms with Gasteiger partial charge in [-0.2, -0.15) is 0 Å². The lowest BCUT2D eigenvalue weighted by atomic mass is 10.2. The average molecular weight is 455 g/mol. The van der Waals surface area contributed by atoms with Crippen molar-refractivity contribution in [3.63, 3.8) is 0 Å². The molecule has 1 aromatic heterocycles. The second-order valence-corrected chi connectivity index (χ2v) is 9.68. The fourth-order valence-corrected chi connectivity index (χ4v) is 5.31. The van der Waals surface area contributed by atoms with Crippen LogP contribution in [0, 0.1) is 0 Å². The number of nitrogens with one attached hydrogen (secondary N) is 1. The zero-order valence-corrected chi connectivity index (χ0v) is 19.6. The lowest BCUT2D eigenvalue weighted by molar-refractivity contribution is -0.124. The van der Waals surface area contributed by atoms with E-state index in [1.807, 2.05) is 17.5 Å². The number of rotatable bonds is 9. The minimum atomic E-state index is -0.317. The summed E-state index contributed by atoms with van der Waals surface area (Å²) < 4.78 is 0. The van der Waals surface area contributed by atoms with Crippen molar-refractivity contribution in [2.75, 3.05) is 45.8 Å². The van der Waals surface area contributed by atoms with Crippen molar-refractivity contribution in [2.45, 2.75) is 38.3 Å². The molecule has 0 spiro atoms. The maximum absolute atomic E-state index is 12.7. The van der Waals surface area contributed by atoms with Gasteiger partial charge >= 0.3 is 0 Å². The van der Waals surface area contributed by atoms with Gasteiger partial charge in [0, 0.05) is 45.8 Å². The largest absolute Gasteiger partial charge is 0.354 e. The van der Waals surface area contributed by atoms with Gasteiger partial charge < -0.3 is 15.1 Å². The molecule has 0 bridgehead atoms. The van der Waals surface area contributed by atoms with Crippen molar-refractivity contribution in [3.8, 4) is 0 Å². The van der Waals surface area contributed by atoms with Crippen LogP contribution >= 0.6 is 11.3 Å². The lowest BCUT2D eigenvalue weighted by Crippen LogP contribution is -2.46. The van der Waals surface area contributed by atoms with Crippen molar-refractivity contribution in [1.29, 1.82) is 0 Å². The van der Waals surface area contributed by atoms with Gasteiger partial charge in [0.05, 0.1) is 4.88 Å². The van der Waals surface area contributed by atoms with Gasteiger partial charge in [-0.1, -0.05) is 36.4 Å². The summed E-state index contributed by atoms with van der Waals surface area (Å²) in [6.07, 6.45) is 3.71. The van der Waals surface area contributed by atoms with Crippen LogP contribution in [0.4, 0.5) is 0 Å². The Bertz CT molecular complexity index is 850. The smallest absolute Gasteiger partial charge is 0.264 e. The Morgan fingerprint density at radius 2 is 1.72 bits per heavy atom. The second kappa shape index (κ2) is 11.6. The Hall–Kier alpha value is -2.22. The summed E-state index contributed by atoms with van der Waals surface area (Å²) in [4.78, 5) is 32.8. The van der Waals surface area contributed by atoms with Crippen LogP contribution in [0.3, 0.4) is 0 Å². The van der Waals surface area contributed by atoms with Crippen molar-refractivity contribution in [1.82, 2.24) is 20.0 Å². The third kappa shape index (κ3) is 6.18. The van der Waals surface area contributed by atoms with E-state index in [-0.39, 0.29) is 17.9 Å². The monoisotopic (exact) mass is 454 g/mol. The van der Waals surface area contributed by atoms with E-state index < -0.39 is 0 Å². The molecule has 0 unspecified atom stereocenters. The molecule has 0 aliphatic carbocycles. The predicted octanol–water partition coefficient (Wildman–Crippen LogP) is 3.07. The van der Waals surface area contributed by atoms with Crippen molar-refractivity contribution in [3.05, 3.63) is 58.3 Å². The molecular weight excluding hydrogens is 420 g/mol. The van der Waals surface area contributed by atoms with Gasteiger partial charge in [0.1, 0.15) is 6.04 Å². The van der Waals surface area contributed by atoms with Gasteiger partial charge in [0.2, 0.25) is 5.91 Å². The molecule has 1 aromatic carbocycles. The Morgan fingerprint density at radius 3 is 2.47 bits per heavy atom. The molecule has 1 atom stereocenters. The summed E-state index contributed by atoms with van der Waals surface area (Å²) in [5.41, 5.74) is 1.38. The maximum Gasteiger partial charge on any atom is 0.264 e. The number of hydrogen-bond donors (Lipinski definition) is 1. The lowest BCUT2D eigenvalue weighted by Gasteiger charge is -2.34. The standard InChI is InChI=1S/C25H34N4O2S/c30-24(22-10-6-14-29(22)25(31)23-11-7-19-32-23)26-12-4-5-13-27-15-17-28(18-16-27)20-21-8-2-1-3-9-21/h1-3,7-9,11,19,22H,4-6,10,12-18,20H2,(H,26,30)/t22-/m0/s1. The van der Waals surface area contributed by atoms with E-state index in [9.17, 15) is 9.59 Å². The molecule has 6 nitrogen and oxygen atoms in total. The highest BCUT2D eigenvalue weighted by molar-refractivity contribution is 7.12. The number of thiophene rings is 1. The third-order valence-corrected chi connectivity index (χ3v) is 7.32. The average Bonchev–Trinajstić information content (AvgIpc) is 3.53.